The number of rotatable bonds is 2. The van der Waals surface area contributed by atoms with Crippen molar-refractivity contribution in [2.24, 2.45) is 0 Å². The molecule has 0 aliphatic heterocycles. The fourth-order valence-electron chi connectivity index (χ4n) is 2.41. The average molecular weight is 514 g/mol. The van der Waals surface area contributed by atoms with Crippen LogP contribution < -0.4 is 0 Å². The van der Waals surface area contributed by atoms with Crippen molar-refractivity contribution in [2.75, 3.05) is 0 Å². The molecule has 3 heteroatoms. The number of hydrogen-bond donors (Lipinski definition) is 0. The van der Waals surface area contributed by atoms with E-state index >= 15 is 0 Å². The Morgan fingerprint density at radius 2 is 1.08 bits per heavy atom. The number of fused-ring (bicyclic) bond motifs is 2. The number of para-hydroxylation sites is 2. The zero-order valence-corrected chi connectivity index (χ0v) is 21.8. The molecule has 0 amide bonds. The topological polar surface area (TPSA) is 12.9 Å². The normalized spacial score (nSPS) is 8.23. The summed E-state index contributed by atoms with van der Waals surface area (Å²) in [7, 11) is 0. The van der Waals surface area contributed by atoms with Crippen molar-refractivity contribution in [3.8, 4) is 0 Å². The van der Waals surface area contributed by atoms with E-state index < -0.39 is 0 Å². The zero-order chi connectivity index (χ0) is 16.5. The fraction of sp³-hybridized carbons (Fsp3) is 0.261. The van der Waals surface area contributed by atoms with Gasteiger partial charge in [-0.2, -0.15) is 12.8 Å². The number of nitrogens with zero attached hydrogens (tertiary/aromatic N) is 1. The number of aromatic nitrogens is 1. The van der Waals surface area contributed by atoms with Crippen LogP contribution in [0.1, 0.15) is 38.8 Å². The summed E-state index contributed by atoms with van der Waals surface area (Å²) in [5, 5.41) is 2.37. The average Bonchev–Trinajstić information content (AvgIpc) is 2.62. The molecule has 0 saturated carbocycles. The van der Waals surface area contributed by atoms with Crippen molar-refractivity contribution in [2.45, 2.75) is 40.5 Å². The van der Waals surface area contributed by atoms with Crippen molar-refractivity contribution in [1.82, 2.24) is 4.98 Å². The predicted octanol–water partition coefficient (Wildman–Crippen LogP) is 7.09. The van der Waals surface area contributed by atoms with E-state index in [1.165, 1.54) is 21.9 Å². The molecule has 0 unspecified atom stereocenters. The zero-order valence-electron chi connectivity index (χ0n) is 17.2. The van der Waals surface area contributed by atoms with Crippen LogP contribution in [0.5, 0.6) is 0 Å². The van der Waals surface area contributed by atoms with Gasteiger partial charge in [-0.3, -0.25) is 0 Å². The third kappa shape index (κ3) is 7.83. The summed E-state index contributed by atoms with van der Waals surface area (Å²) in [6, 6.07) is 14.8. The van der Waals surface area contributed by atoms with Crippen molar-refractivity contribution in [1.29, 1.82) is 0 Å². The summed E-state index contributed by atoms with van der Waals surface area (Å²) in [5.74, 6) is 0. The molecule has 0 atom stereocenters. The predicted molar refractivity (Wildman–Crippen MR) is 113 cm³/mol. The van der Waals surface area contributed by atoms with E-state index in [0.717, 1.165) is 23.9 Å². The first-order chi connectivity index (χ1) is 10.8. The molecule has 26 heavy (non-hydrogen) atoms. The van der Waals surface area contributed by atoms with Crippen LogP contribution in [0.2, 0.25) is 0 Å². The molecule has 0 fully saturated rings. The quantitative estimate of drug-likeness (QED) is 0.203. The van der Waals surface area contributed by atoms with Crippen LogP contribution in [-0.2, 0) is 65.0 Å². The third-order valence-electron chi connectivity index (χ3n) is 3.37. The van der Waals surface area contributed by atoms with E-state index in [2.05, 4.69) is 56.3 Å². The van der Waals surface area contributed by atoms with Gasteiger partial charge in [-0.05, 0) is 6.07 Å². The number of pyridine rings is 1. The molecule has 3 rings (SSSR count). The van der Waals surface area contributed by atoms with Crippen LogP contribution in [0.25, 0.3) is 21.8 Å². The minimum atomic E-state index is 0. The summed E-state index contributed by atoms with van der Waals surface area (Å²) >= 11 is 0. The minimum Gasteiger partial charge on any atom is -0.358 e. The third-order valence-corrected chi connectivity index (χ3v) is 3.37. The van der Waals surface area contributed by atoms with Gasteiger partial charge < -0.3 is 28.7 Å². The largest absolute Gasteiger partial charge is 4.00 e. The molecule has 1 heterocycles. The second-order valence-corrected chi connectivity index (χ2v) is 4.47. The van der Waals surface area contributed by atoms with Gasteiger partial charge in [-0.25, -0.2) is 4.98 Å². The molecular weight excluding hydrogens is 480 g/mol. The fourth-order valence-corrected chi connectivity index (χ4v) is 2.41. The molecule has 0 saturated heterocycles. The van der Waals surface area contributed by atoms with Gasteiger partial charge in [0.05, 0.1) is 11.0 Å². The second-order valence-electron chi connectivity index (χ2n) is 4.47. The van der Waals surface area contributed by atoms with Crippen LogP contribution in [0.3, 0.4) is 0 Å². The van der Waals surface area contributed by atoms with Crippen LogP contribution >= 0.6 is 0 Å². The number of benzene rings is 2. The van der Waals surface area contributed by atoms with E-state index in [1.54, 1.807) is 0 Å². The summed E-state index contributed by atoms with van der Waals surface area (Å²) in [6.07, 6.45) is 1.53. The van der Waals surface area contributed by atoms with Gasteiger partial charge in [0.2, 0.25) is 0 Å². The van der Waals surface area contributed by atoms with Gasteiger partial charge >= 0.3 is 19.5 Å². The second kappa shape index (κ2) is 18.2. The van der Waals surface area contributed by atoms with E-state index in [4.69, 9.17) is 4.98 Å². The molecule has 1 radical (unpaired) electrons. The van der Waals surface area contributed by atoms with Crippen molar-refractivity contribution in [3.63, 3.8) is 0 Å². The minimum absolute atomic E-state index is 0. The standard InChI is InChI=1S/C17H15N.2C2H6.2CH3.Ru.Y/c1-3-12-7-5-9-14-11-15-10-6-8-13(4-2)17(15)18-16(12)14;2*1-2;;;;/h5-11H,1-4H2;2*1-2H3;2*1H3;;/q-2;;;2*-1;+4;. The van der Waals surface area contributed by atoms with Crippen molar-refractivity contribution in [3.05, 3.63) is 82.3 Å². The van der Waals surface area contributed by atoms with Crippen LogP contribution in [0.4, 0.5) is 0 Å². The Hall–Kier alpha value is -0.163. The van der Waals surface area contributed by atoms with Gasteiger partial charge in [0, 0.05) is 43.5 Å². The van der Waals surface area contributed by atoms with E-state index in [1.807, 2.05) is 27.7 Å². The molecule has 0 aliphatic carbocycles. The molecular formula is C23H33NRuY. The van der Waals surface area contributed by atoms with Gasteiger partial charge in [0.15, 0.2) is 0 Å². The van der Waals surface area contributed by atoms with Crippen molar-refractivity contribution >= 4 is 21.8 Å². The molecule has 0 spiro atoms. The van der Waals surface area contributed by atoms with E-state index in [-0.39, 0.29) is 67.0 Å². The Kier molecular flexibility index (Phi) is 23.4. The van der Waals surface area contributed by atoms with Crippen molar-refractivity contribution < 1.29 is 52.2 Å². The Labute approximate surface area is 200 Å². The molecule has 0 bridgehead atoms. The summed E-state index contributed by atoms with van der Waals surface area (Å²) < 4.78 is 0. The van der Waals surface area contributed by atoms with Gasteiger partial charge in [-0.1, -0.05) is 75.2 Å². The Morgan fingerprint density at radius 1 is 0.731 bits per heavy atom. The molecule has 1 aromatic heterocycles. The Bertz CT molecular complexity index is 667. The molecule has 1 nitrogen and oxygen atoms in total. The monoisotopic (exact) mass is 514 g/mol. The first-order valence-corrected chi connectivity index (χ1v) is 8.22. The molecule has 2 aromatic carbocycles. The van der Waals surface area contributed by atoms with E-state index in [9.17, 15) is 0 Å². The SMILES string of the molecule is CC.CC.[CH2-]Cc1cccc2cc3cccc(C[CH2-])c3nc12.[CH3-].[CH3-].[Ru+4].[Y]. The molecule has 0 aliphatic rings. The number of hydrogen-bond acceptors (Lipinski definition) is 1. The van der Waals surface area contributed by atoms with Gasteiger partial charge in [-0.15, -0.1) is 0 Å². The van der Waals surface area contributed by atoms with E-state index in [0.29, 0.717) is 0 Å². The van der Waals surface area contributed by atoms with Gasteiger partial charge in [0.25, 0.3) is 0 Å². The molecule has 0 N–H and O–H groups in total. The summed E-state index contributed by atoms with van der Waals surface area (Å²) in [6.45, 7) is 16.0. The molecule has 141 valence electrons. The Morgan fingerprint density at radius 3 is 1.38 bits per heavy atom. The summed E-state index contributed by atoms with van der Waals surface area (Å²) in [4.78, 5) is 4.84. The maximum Gasteiger partial charge on any atom is 4.00 e. The van der Waals surface area contributed by atoms with Crippen LogP contribution in [0, 0.1) is 28.7 Å². The van der Waals surface area contributed by atoms with Crippen LogP contribution in [0.15, 0.2) is 42.5 Å². The first kappa shape index (κ1) is 33.4. The van der Waals surface area contributed by atoms with Crippen LogP contribution in [-0.4, -0.2) is 4.98 Å². The summed E-state index contributed by atoms with van der Waals surface area (Å²) in [5.41, 5.74) is 4.54. The smallest absolute Gasteiger partial charge is 0.358 e. The maximum absolute atomic E-state index is 4.84. The van der Waals surface area contributed by atoms with Gasteiger partial charge in [0.1, 0.15) is 0 Å². The first-order valence-electron chi connectivity index (χ1n) is 8.22. The molecule has 3 aromatic rings. The Balaban J connectivity index is -0.000000284. The maximum atomic E-state index is 4.84.